The van der Waals surface area contributed by atoms with Crippen LogP contribution in [0.5, 0.6) is 0 Å². The summed E-state index contributed by atoms with van der Waals surface area (Å²) in [5.41, 5.74) is 10.0. The Morgan fingerprint density at radius 3 is 1.96 bits per heavy atom. The standard InChI is InChI=1S/C5H11NO2S.C5H9NO2.C3H7NO2/c1-9-3-2-4(6)5(7)8;7-5(8)4-2-1-3-6-4;1-2(4)3(5)6/h4H,2-3,6H2,1H3,(H,7,8);4,6H,1-3H2,(H,7,8);2H,4H2,1H3,(H,5,6). The van der Waals surface area contributed by atoms with Crippen LogP contribution in [-0.2, 0) is 14.4 Å². The zero-order valence-electron chi connectivity index (χ0n) is 13.4. The fraction of sp³-hybridized carbons (Fsp3) is 0.769. The summed E-state index contributed by atoms with van der Waals surface area (Å²) >= 11 is 1.60. The number of carboxylic acid groups (broad SMARTS) is 3. The van der Waals surface area contributed by atoms with E-state index in [0.29, 0.717) is 6.42 Å². The van der Waals surface area contributed by atoms with E-state index in [4.69, 9.17) is 26.8 Å². The lowest BCUT2D eigenvalue weighted by Crippen LogP contribution is -2.30. The van der Waals surface area contributed by atoms with Crippen molar-refractivity contribution in [2.24, 2.45) is 11.5 Å². The molecule has 1 fully saturated rings. The second kappa shape index (κ2) is 14.2. The topological polar surface area (TPSA) is 176 Å². The highest BCUT2D eigenvalue weighted by Gasteiger charge is 2.20. The number of hydrogen-bond acceptors (Lipinski definition) is 7. The number of nitrogens with one attached hydrogen (secondary N) is 1. The minimum absolute atomic E-state index is 0.269. The molecule has 9 nitrogen and oxygen atoms in total. The monoisotopic (exact) mass is 353 g/mol. The molecule has 3 atom stereocenters. The van der Waals surface area contributed by atoms with Crippen LogP contribution in [0.15, 0.2) is 0 Å². The lowest BCUT2D eigenvalue weighted by Gasteiger charge is -2.02. The molecule has 1 saturated heterocycles. The van der Waals surface area contributed by atoms with Crippen molar-refractivity contribution in [2.75, 3.05) is 18.6 Å². The van der Waals surface area contributed by atoms with Crippen LogP contribution in [0.2, 0.25) is 0 Å². The Morgan fingerprint density at radius 2 is 1.74 bits per heavy atom. The summed E-state index contributed by atoms with van der Waals surface area (Å²) in [6.07, 6.45) is 4.26. The Morgan fingerprint density at radius 1 is 1.22 bits per heavy atom. The first-order valence-electron chi connectivity index (χ1n) is 7.05. The lowest BCUT2D eigenvalue weighted by atomic mass is 10.2. The third kappa shape index (κ3) is 15.3. The summed E-state index contributed by atoms with van der Waals surface area (Å²) in [5, 5.41) is 27.3. The van der Waals surface area contributed by atoms with Crippen molar-refractivity contribution in [3.8, 4) is 0 Å². The van der Waals surface area contributed by atoms with Gasteiger partial charge in [0, 0.05) is 0 Å². The van der Waals surface area contributed by atoms with Gasteiger partial charge in [0.2, 0.25) is 0 Å². The van der Waals surface area contributed by atoms with Crippen molar-refractivity contribution >= 4 is 29.7 Å². The van der Waals surface area contributed by atoms with E-state index in [-0.39, 0.29) is 6.04 Å². The summed E-state index contributed by atoms with van der Waals surface area (Å²) in [4.78, 5) is 29.8. The Bertz CT molecular complexity index is 362. The third-order valence-electron chi connectivity index (χ3n) is 2.70. The molecule has 0 spiro atoms. The molecular formula is C13H27N3O6S. The van der Waals surface area contributed by atoms with Crippen molar-refractivity contribution in [3.63, 3.8) is 0 Å². The fourth-order valence-corrected chi connectivity index (χ4v) is 1.75. The van der Waals surface area contributed by atoms with Gasteiger partial charge in [-0.3, -0.25) is 14.4 Å². The molecule has 0 aliphatic carbocycles. The number of carboxylic acids is 3. The smallest absolute Gasteiger partial charge is 0.320 e. The van der Waals surface area contributed by atoms with Gasteiger partial charge in [-0.05, 0) is 44.7 Å². The van der Waals surface area contributed by atoms with Crippen LogP contribution < -0.4 is 16.8 Å². The van der Waals surface area contributed by atoms with Gasteiger partial charge in [0.1, 0.15) is 18.1 Å². The van der Waals surface area contributed by atoms with Crippen LogP contribution in [0.4, 0.5) is 0 Å². The van der Waals surface area contributed by atoms with Gasteiger partial charge in [-0.2, -0.15) is 11.8 Å². The van der Waals surface area contributed by atoms with Crippen molar-refractivity contribution < 1.29 is 29.7 Å². The highest BCUT2D eigenvalue weighted by Crippen LogP contribution is 2.03. The minimum Gasteiger partial charge on any atom is -0.480 e. The molecule has 0 bridgehead atoms. The van der Waals surface area contributed by atoms with E-state index in [9.17, 15) is 14.4 Å². The lowest BCUT2D eigenvalue weighted by molar-refractivity contribution is -0.139. The average Bonchev–Trinajstić information content (AvgIpc) is 3.00. The first-order chi connectivity index (χ1) is 10.6. The van der Waals surface area contributed by atoms with Crippen molar-refractivity contribution in [3.05, 3.63) is 0 Å². The van der Waals surface area contributed by atoms with Gasteiger partial charge in [0.05, 0.1) is 0 Å². The summed E-state index contributed by atoms with van der Waals surface area (Å²) < 4.78 is 0. The van der Waals surface area contributed by atoms with E-state index in [1.807, 2.05) is 6.26 Å². The molecule has 1 aliphatic rings. The van der Waals surface area contributed by atoms with E-state index in [2.05, 4.69) is 5.32 Å². The summed E-state index contributed by atoms with van der Waals surface area (Å²) in [7, 11) is 0. The highest BCUT2D eigenvalue weighted by molar-refractivity contribution is 7.98. The molecule has 0 aromatic rings. The molecule has 3 unspecified atom stereocenters. The first-order valence-corrected chi connectivity index (χ1v) is 8.44. The van der Waals surface area contributed by atoms with Gasteiger partial charge in [0.15, 0.2) is 0 Å². The molecule has 0 radical (unpaired) electrons. The van der Waals surface area contributed by atoms with Gasteiger partial charge in [-0.25, -0.2) is 0 Å². The number of thioether (sulfide) groups is 1. The zero-order valence-corrected chi connectivity index (χ0v) is 14.2. The Labute approximate surface area is 139 Å². The van der Waals surface area contributed by atoms with E-state index in [1.54, 1.807) is 11.8 Å². The Hall–Kier alpha value is -1.36. The maximum Gasteiger partial charge on any atom is 0.320 e. The van der Waals surface area contributed by atoms with Crippen LogP contribution in [-0.4, -0.2) is 69.9 Å². The first kappa shape index (κ1) is 23.9. The molecule has 1 heterocycles. The molecule has 8 N–H and O–H groups in total. The van der Waals surface area contributed by atoms with Crippen LogP contribution in [0.25, 0.3) is 0 Å². The second-order valence-corrected chi connectivity index (χ2v) is 5.83. The van der Waals surface area contributed by atoms with E-state index < -0.39 is 30.0 Å². The number of carbonyl (C=O) groups is 3. The number of hydrogen-bond donors (Lipinski definition) is 6. The summed E-state index contributed by atoms with van der Waals surface area (Å²) in [5.74, 6) is -1.78. The molecule has 0 aromatic carbocycles. The van der Waals surface area contributed by atoms with Crippen LogP contribution in [0.1, 0.15) is 26.2 Å². The Balaban J connectivity index is 0. The SMILES string of the molecule is CC(N)C(=O)O.CSCCC(N)C(=O)O.O=C(O)C1CCCN1. The average molecular weight is 353 g/mol. The minimum atomic E-state index is -0.963. The van der Waals surface area contributed by atoms with Gasteiger partial charge < -0.3 is 32.1 Å². The Kier molecular flexibility index (Phi) is 14.8. The van der Waals surface area contributed by atoms with Gasteiger partial charge >= 0.3 is 17.9 Å². The molecule has 0 saturated carbocycles. The molecular weight excluding hydrogens is 326 g/mol. The highest BCUT2D eigenvalue weighted by atomic mass is 32.2. The normalized spacial score (nSPS) is 18.5. The third-order valence-corrected chi connectivity index (χ3v) is 3.34. The quantitative estimate of drug-likeness (QED) is 0.361. The number of nitrogens with two attached hydrogens (primary N) is 2. The van der Waals surface area contributed by atoms with Crippen LogP contribution in [0.3, 0.4) is 0 Å². The van der Waals surface area contributed by atoms with E-state index in [0.717, 1.165) is 25.1 Å². The molecule has 0 amide bonds. The molecule has 23 heavy (non-hydrogen) atoms. The van der Waals surface area contributed by atoms with Crippen LogP contribution in [0, 0.1) is 0 Å². The molecule has 1 rings (SSSR count). The molecule has 1 aliphatic heterocycles. The van der Waals surface area contributed by atoms with Gasteiger partial charge in [-0.1, -0.05) is 0 Å². The molecule has 0 aromatic heterocycles. The maximum absolute atomic E-state index is 10.1. The van der Waals surface area contributed by atoms with Gasteiger partial charge in [0.25, 0.3) is 0 Å². The number of rotatable bonds is 6. The molecule has 136 valence electrons. The maximum atomic E-state index is 10.1. The zero-order chi connectivity index (χ0) is 18.4. The number of aliphatic carboxylic acids is 3. The largest absolute Gasteiger partial charge is 0.480 e. The molecule has 10 heteroatoms. The van der Waals surface area contributed by atoms with E-state index in [1.165, 1.54) is 6.92 Å². The predicted molar refractivity (Wildman–Crippen MR) is 88.6 cm³/mol. The second-order valence-electron chi connectivity index (χ2n) is 4.84. The van der Waals surface area contributed by atoms with Crippen molar-refractivity contribution in [1.29, 1.82) is 0 Å². The summed E-state index contributed by atoms with van der Waals surface area (Å²) in [6, 6.07) is -1.68. The van der Waals surface area contributed by atoms with Crippen LogP contribution >= 0.6 is 11.8 Å². The van der Waals surface area contributed by atoms with E-state index >= 15 is 0 Å². The van der Waals surface area contributed by atoms with Crippen molar-refractivity contribution in [1.82, 2.24) is 5.32 Å². The predicted octanol–water partition coefficient (Wildman–Crippen LogP) is -0.607. The van der Waals surface area contributed by atoms with Crippen molar-refractivity contribution in [2.45, 2.75) is 44.3 Å². The summed E-state index contributed by atoms with van der Waals surface area (Å²) in [6.45, 7) is 2.28. The van der Waals surface area contributed by atoms with Gasteiger partial charge in [-0.15, -0.1) is 0 Å². The fourth-order valence-electron chi connectivity index (χ4n) is 1.26.